The number of aromatic nitrogens is 2. The predicted octanol–water partition coefficient (Wildman–Crippen LogP) is 3.14. The van der Waals surface area contributed by atoms with Crippen LogP contribution in [0.15, 0.2) is 34.9 Å². The first-order valence-electron chi connectivity index (χ1n) is 9.97. The van der Waals surface area contributed by atoms with E-state index in [9.17, 15) is 13.2 Å². The summed E-state index contributed by atoms with van der Waals surface area (Å²) in [5, 5.41) is 3.76. The molecule has 0 spiro atoms. The normalized spacial score (nSPS) is 22.0. The minimum Gasteiger partial charge on any atom is -0.306 e. The maximum absolute atomic E-state index is 13.2. The number of nitrogens with zero attached hydrogens (tertiary/aromatic N) is 4. The van der Waals surface area contributed by atoms with Crippen LogP contribution in [0.2, 0.25) is 0 Å². The molecule has 0 saturated carbocycles. The highest BCUT2D eigenvalue weighted by molar-refractivity contribution is 8.03. The molecule has 2 aliphatic rings. The van der Waals surface area contributed by atoms with Crippen molar-refractivity contribution < 1.29 is 13.2 Å². The van der Waals surface area contributed by atoms with Crippen molar-refractivity contribution in [3.05, 3.63) is 40.6 Å². The maximum atomic E-state index is 13.2. The fraction of sp³-hybridized carbons (Fsp3) is 0.450. The third kappa shape index (κ3) is 4.61. The van der Waals surface area contributed by atoms with E-state index in [4.69, 9.17) is 0 Å². The Kier molecular flexibility index (Phi) is 6.57. The number of carbonyl (C=O) groups is 1. The van der Waals surface area contributed by atoms with E-state index >= 15 is 0 Å². The van der Waals surface area contributed by atoms with Crippen LogP contribution in [0, 0.1) is 5.92 Å². The van der Waals surface area contributed by atoms with Crippen LogP contribution in [-0.4, -0.2) is 64.6 Å². The molecule has 2 aliphatic heterocycles. The van der Waals surface area contributed by atoms with E-state index < -0.39 is 10.0 Å². The van der Waals surface area contributed by atoms with Gasteiger partial charge >= 0.3 is 0 Å². The molecule has 30 heavy (non-hydrogen) atoms. The number of rotatable bonds is 5. The molecule has 4 heterocycles. The summed E-state index contributed by atoms with van der Waals surface area (Å²) in [5.41, 5.74) is 1.79. The molecule has 2 aromatic rings. The number of carbonyl (C=O) groups excluding carboxylic acids is 1. The van der Waals surface area contributed by atoms with Gasteiger partial charge in [0.1, 0.15) is 5.01 Å². The van der Waals surface area contributed by atoms with Crippen molar-refractivity contribution in [3.8, 4) is 10.6 Å². The lowest BCUT2D eigenvalue weighted by Crippen LogP contribution is -2.46. The quantitative estimate of drug-likeness (QED) is 0.676. The Morgan fingerprint density at radius 2 is 2.23 bits per heavy atom. The van der Waals surface area contributed by atoms with Crippen molar-refractivity contribution in [1.29, 1.82) is 0 Å². The number of piperidine rings is 1. The first-order valence-corrected chi connectivity index (χ1v) is 13.4. The topological polar surface area (TPSA) is 83.5 Å². The van der Waals surface area contributed by atoms with Gasteiger partial charge in [0, 0.05) is 48.7 Å². The number of hydrogen-bond donors (Lipinski definition) is 0. The third-order valence-electron chi connectivity index (χ3n) is 5.29. The lowest BCUT2D eigenvalue weighted by molar-refractivity contribution is -0.133. The molecule has 1 atom stereocenters. The molecule has 0 radical (unpaired) electrons. The van der Waals surface area contributed by atoms with Crippen LogP contribution in [0.4, 0.5) is 0 Å². The van der Waals surface area contributed by atoms with Gasteiger partial charge in [-0.3, -0.25) is 9.78 Å². The maximum Gasteiger partial charge on any atom is 0.231 e. The molecule has 10 heteroatoms. The molecule has 4 rings (SSSR count). The van der Waals surface area contributed by atoms with Crippen LogP contribution >= 0.6 is 23.1 Å². The second-order valence-electron chi connectivity index (χ2n) is 7.24. The number of thiazole rings is 1. The van der Waals surface area contributed by atoms with Crippen LogP contribution in [-0.2, 0) is 14.8 Å². The molecule has 1 amide bonds. The van der Waals surface area contributed by atoms with Gasteiger partial charge in [0.05, 0.1) is 22.4 Å². The van der Waals surface area contributed by atoms with Crippen molar-refractivity contribution in [3.63, 3.8) is 0 Å². The molecule has 0 aromatic carbocycles. The molecule has 7 nitrogen and oxygen atoms in total. The number of thioether (sulfide) groups is 1. The summed E-state index contributed by atoms with van der Waals surface area (Å²) in [6, 6.07) is 3.86. The average Bonchev–Trinajstić information content (AvgIpc) is 3.44. The van der Waals surface area contributed by atoms with Gasteiger partial charge in [0.2, 0.25) is 15.9 Å². The summed E-state index contributed by atoms with van der Waals surface area (Å²) >= 11 is 3.19. The Hall–Kier alpha value is -1.75. The zero-order valence-electron chi connectivity index (χ0n) is 16.7. The predicted molar refractivity (Wildman–Crippen MR) is 121 cm³/mol. The molecule has 0 aliphatic carbocycles. The van der Waals surface area contributed by atoms with Gasteiger partial charge in [-0.2, -0.15) is 0 Å². The Morgan fingerprint density at radius 1 is 1.37 bits per heavy atom. The molecule has 0 unspecified atom stereocenters. The average molecular weight is 465 g/mol. The molecule has 0 bridgehead atoms. The van der Waals surface area contributed by atoms with Crippen molar-refractivity contribution >= 4 is 45.1 Å². The van der Waals surface area contributed by atoms with Crippen LogP contribution in [0.5, 0.6) is 0 Å². The van der Waals surface area contributed by atoms with E-state index in [1.54, 1.807) is 47.3 Å². The zero-order valence-corrected chi connectivity index (χ0v) is 19.2. The van der Waals surface area contributed by atoms with Crippen LogP contribution in [0.3, 0.4) is 0 Å². The SMILES string of the molecule is CCS(=O)(=O)N1CCC[C@@H](C(=O)N2CCS/C2=C/c2csc(-c3cccnc3)n2)C1. The van der Waals surface area contributed by atoms with Crippen molar-refractivity contribution in [1.82, 2.24) is 19.2 Å². The zero-order chi connectivity index (χ0) is 21.1. The van der Waals surface area contributed by atoms with Crippen LogP contribution < -0.4 is 0 Å². The van der Waals surface area contributed by atoms with Gasteiger partial charge in [-0.05, 0) is 38.0 Å². The van der Waals surface area contributed by atoms with Gasteiger partial charge in [-0.25, -0.2) is 17.7 Å². The number of pyridine rings is 1. The van der Waals surface area contributed by atoms with E-state index in [-0.39, 0.29) is 24.1 Å². The standard InChI is InChI=1S/C20H24N4O3S3/c1-2-30(26,27)23-8-4-6-16(13-23)20(25)24-9-10-28-18(24)11-17-14-29-19(22-17)15-5-3-7-21-12-15/h3,5,7,11-12,14,16H,2,4,6,8-10,13H2,1H3/b18-11+/t16-/m1/s1. The minimum atomic E-state index is -3.27. The molecular formula is C20H24N4O3S3. The van der Waals surface area contributed by atoms with E-state index in [0.29, 0.717) is 13.1 Å². The van der Waals surface area contributed by atoms with Crippen LogP contribution in [0.25, 0.3) is 16.6 Å². The van der Waals surface area contributed by atoms with Crippen molar-refractivity contribution in [2.24, 2.45) is 5.92 Å². The van der Waals surface area contributed by atoms with E-state index in [2.05, 4.69) is 9.97 Å². The Morgan fingerprint density at radius 3 is 3.00 bits per heavy atom. The second kappa shape index (κ2) is 9.17. The Balaban J connectivity index is 1.49. The smallest absolute Gasteiger partial charge is 0.231 e. The molecular weight excluding hydrogens is 440 g/mol. The first kappa shape index (κ1) is 21.5. The number of amides is 1. The van der Waals surface area contributed by atoms with Gasteiger partial charge in [0.15, 0.2) is 0 Å². The van der Waals surface area contributed by atoms with Gasteiger partial charge < -0.3 is 4.90 Å². The van der Waals surface area contributed by atoms with Crippen molar-refractivity contribution in [2.45, 2.75) is 19.8 Å². The fourth-order valence-corrected chi connectivity index (χ4v) is 6.64. The molecule has 2 fully saturated rings. The third-order valence-corrected chi connectivity index (χ3v) is 9.07. The Labute approximate surface area is 185 Å². The molecule has 2 saturated heterocycles. The van der Waals surface area contributed by atoms with E-state index in [1.165, 1.54) is 4.31 Å². The lowest BCUT2D eigenvalue weighted by atomic mass is 9.98. The summed E-state index contributed by atoms with van der Waals surface area (Å²) in [5.74, 6) is 0.635. The highest BCUT2D eigenvalue weighted by Gasteiger charge is 2.36. The largest absolute Gasteiger partial charge is 0.306 e. The van der Waals surface area contributed by atoms with Gasteiger partial charge in [-0.15, -0.1) is 23.1 Å². The second-order valence-corrected chi connectivity index (χ2v) is 11.5. The van der Waals surface area contributed by atoms with Gasteiger partial charge in [-0.1, -0.05) is 0 Å². The Bertz CT molecular complexity index is 1040. The summed E-state index contributed by atoms with van der Waals surface area (Å²) in [6.45, 7) is 3.08. The minimum absolute atomic E-state index is 0.0185. The number of hydrogen-bond acceptors (Lipinski definition) is 7. The summed E-state index contributed by atoms with van der Waals surface area (Å²) in [4.78, 5) is 23.8. The highest BCUT2D eigenvalue weighted by Crippen LogP contribution is 2.34. The first-order chi connectivity index (χ1) is 14.5. The number of sulfonamides is 1. The lowest BCUT2D eigenvalue weighted by Gasteiger charge is -2.33. The van der Waals surface area contributed by atoms with E-state index in [0.717, 1.165) is 39.9 Å². The molecule has 2 aromatic heterocycles. The highest BCUT2D eigenvalue weighted by atomic mass is 32.2. The molecule has 160 valence electrons. The summed E-state index contributed by atoms with van der Waals surface area (Å²) in [6.07, 6.45) is 6.92. The summed E-state index contributed by atoms with van der Waals surface area (Å²) in [7, 11) is -3.27. The summed E-state index contributed by atoms with van der Waals surface area (Å²) < 4.78 is 26.0. The van der Waals surface area contributed by atoms with E-state index in [1.807, 2.05) is 23.6 Å². The fourth-order valence-electron chi connectivity index (χ4n) is 3.67. The molecule has 0 N–H and O–H groups in total. The van der Waals surface area contributed by atoms with Crippen molar-refractivity contribution in [2.75, 3.05) is 31.1 Å². The van der Waals surface area contributed by atoms with Crippen LogP contribution in [0.1, 0.15) is 25.5 Å². The monoisotopic (exact) mass is 464 g/mol. The van der Waals surface area contributed by atoms with Gasteiger partial charge in [0.25, 0.3) is 0 Å².